The van der Waals surface area contributed by atoms with Crippen LogP contribution in [0.4, 0.5) is 0 Å². The van der Waals surface area contributed by atoms with Crippen molar-refractivity contribution in [3.63, 3.8) is 0 Å². The van der Waals surface area contributed by atoms with Crippen molar-refractivity contribution in [3.05, 3.63) is 0 Å². The zero-order valence-electron chi connectivity index (χ0n) is 6.31. The fourth-order valence-electron chi connectivity index (χ4n) is 0.808. The molecular formula is C8H14O. The number of rotatable bonds is 2. The average Bonchev–Trinajstić information content (AvgIpc) is 1.62. The van der Waals surface area contributed by atoms with E-state index in [0.717, 1.165) is 0 Å². The molecule has 0 aromatic carbocycles. The highest BCUT2D eigenvalue weighted by molar-refractivity contribution is 4.92. The Morgan fingerprint density at radius 2 is 2.11 bits per heavy atom. The summed E-state index contributed by atoms with van der Waals surface area (Å²) in [6.07, 6.45) is 5.79. The molecule has 0 amide bonds. The molecule has 0 bridgehead atoms. The van der Waals surface area contributed by atoms with Gasteiger partial charge >= 0.3 is 0 Å². The Morgan fingerprint density at radius 1 is 1.67 bits per heavy atom. The van der Waals surface area contributed by atoms with Gasteiger partial charge < -0.3 is 5.11 Å². The van der Waals surface area contributed by atoms with E-state index in [-0.39, 0.29) is 5.92 Å². The molecule has 1 N–H and O–H groups in total. The summed E-state index contributed by atoms with van der Waals surface area (Å²) in [7, 11) is 0. The van der Waals surface area contributed by atoms with Crippen LogP contribution < -0.4 is 0 Å². The van der Waals surface area contributed by atoms with Gasteiger partial charge in [0.05, 0.1) is 5.60 Å². The van der Waals surface area contributed by atoms with Crippen LogP contribution in [0.1, 0.15) is 27.2 Å². The van der Waals surface area contributed by atoms with Crippen molar-refractivity contribution >= 4 is 0 Å². The lowest BCUT2D eigenvalue weighted by molar-refractivity contribution is 0.0624. The van der Waals surface area contributed by atoms with E-state index < -0.39 is 5.60 Å². The second-order valence-corrected chi connectivity index (χ2v) is 3.08. The van der Waals surface area contributed by atoms with E-state index in [0.29, 0.717) is 6.42 Å². The lowest BCUT2D eigenvalue weighted by Crippen LogP contribution is -2.21. The van der Waals surface area contributed by atoms with Crippen molar-refractivity contribution in [2.24, 2.45) is 5.92 Å². The highest BCUT2D eigenvalue weighted by Gasteiger charge is 2.14. The Hall–Kier alpha value is -0.480. The highest BCUT2D eigenvalue weighted by Crippen LogP contribution is 2.13. The first-order valence-corrected chi connectivity index (χ1v) is 3.14. The van der Waals surface area contributed by atoms with Crippen LogP contribution in [0.3, 0.4) is 0 Å². The third-order valence-electron chi connectivity index (χ3n) is 1.09. The maximum Gasteiger partial charge on any atom is 0.0603 e. The maximum atomic E-state index is 9.22. The Bertz CT molecular complexity index is 114. The van der Waals surface area contributed by atoms with Gasteiger partial charge in [0.2, 0.25) is 0 Å². The van der Waals surface area contributed by atoms with Crippen molar-refractivity contribution in [2.75, 3.05) is 0 Å². The maximum absolute atomic E-state index is 9.22. The normalized spacial score (nSPS) is 14.6. The summed E-state index contributed by atoms with van der Waals surface area (Å²) in [5.41, 5.74) is -0.619. The number of hydrogen-bond acceptors (Lipinski definition) is 1. The predicted octanol–water partition coefficient (Wildman–Crippen LogP) is 1.42. The summed E-state index contributed by atoms with van der Waals surface area (Å²) in [5, 5.41) is 9.22. The van der Waals surface area contributed by atoms with E-state index in [1.807, 2.05) is 6.92 Å². The van der Waals surface area contributed by atoms with Gasteiger partial charge in [0.15, 0.2) is 0 Å². The van der Waals surface area contributed by atoms with Crippen LogP contribution in [-0.2, 0) is 0 Å². The molecule has 1 nitrogen and oxygen atoms in total. The van der Waals surface area contributed by atoms with Gasteiger partial charge in [0.1, 0.15) is 0 Å². The van der Waals surface area contributed by atoms with E-state index in [2.05, 4.69) is 5.92 Å². The summed E-state index contributed by atoms with van der Waals surface area (Å²) in [5.74, 6) is 2.73. The van der Waals surface area contributed by atoms with Crippen molar-refractivity contribution in [1.29, 1.82) is 0 Å². The van der Waals surface area contributed by atoms with Gasteiger partial charge in [-0.2, -0.15) is 0 Å². The second kappa shape index (κ2) is 2.89. The molecular weight excluding hydrogens is 112 g/mol. The standard InChI is InChI=1S/C8H14O/c1-5-7(2)6-8(3,4)9/h1,7,9H,6H2,2-4H3. The van der Waals surface area contributed by atoms with Crippen molar-refractivity contribution < 1.29 is 5.11 Å². The molecule has 1 heteroatoms. The van der Waals surface area contributed by atoms with Gasteiger partial charge in [0.25, 0.3) is 0 Å². The van der Waals surface area contributed by atoms with Gasteiger partial charge in [0, 0.05) is 5.92 Å². The van der Waals surface area contributed by atoms with E-state index in [1.165, 1.54) is 0 Å². The monoisotopic (exact) mass is 126 g/mol. The number of terminal acetylenes is 1. The van der Waals surface area contributed by atoms with E-state index in [1.54, 1.807) is 13.8 Å². The van der Waals surface area contributed by atoms with E-state index in [9.17, 15) is 5.11 Å². The molecule has 0 aliphatic rings. The molecule has 0 radical (unpaired) electrons. The van der Waals surface area contributed by atoms with Crippen molar-refractivity contribution in [2.45, 2.75) is 32.8 Å². The molecule has 0 spiro atoms. The minimum atomic E-state index is -0.619. The minimum Gasteiger partial charge on any atom is -0.390 e. The molecule has 1 unspecified atom stereocenters. The lowest BCUT2D eigenvalue weighted by Gasteiger charge is -2.18. The Kier molecular flexibility index (Phi) is 2.73. The molecule has 0 saturated carbocycles. The summed E-state index contributed by atoms with van der Waals surface area (Å²) in [6, 6.07) is 0. The predicted molar refractivity (Wildman–Crippen MR) is 38.9 cm³/mol. The van der Waals surface area contributed by atoms with Crippen molar-refractivity contribution in [1.82, 2.24) is 0 Å². The Balaban J connectivity index is 3.63. The summed E-state index contributed by atoms with van der Waals surface area (Å²) in [4.78, 5) is 0. The van der Waals surface area contributed by atoms with Gasteiger partial charge in [-0.15, -0.1) is 12.3 Å². The summed E-state index contributed by atoms with van der Waals surface area (Å²) >= 11 is 0. The topological polar surface area (TPSA) is 20.2 Å². The minimum absolute atomic E-state index is 0.171. The van der Waals surface area contributed by atoms with E-state index in [4.69, 9.17) is 6.42 Å². The average molecular weight is 126 g/mol. The Morgan fingerprint density at radius 3 is 2.22 bits per heavy atom. The van der Waals surface area contributed by atoms with Crippen molar-refractivity contribution in [3.8, 4) is 12.3 Å². The van der Waals surface area contributed by atoms with Crippen LogP contribution in [-0.4, -0.2) is 10.7 Å². The number of aliphatic hydroxyl groups is 1. The largest absolute Gasteiger partial charge is 0.390 e. The quantitative estimate of drug-likeness (QED) is 0.555. The molecule has 0 rings (SSSR count). The molecule has 0 aromatic heterocycles. The zero-order valence-corrected chi connectivity index (χ0v) is 6.31. The molecule has 9 heavy (non-hydrogen) atoms. The number of hydrogen-bond donors (Lipinski definition) is 1. The lowest BCUT2D eigenvalue weighted by atomic mass is 9.96. The molecule has 1 atom stereocenters. The third kappa shape index (κ3) is 5.39. The molecule has 0 aliphatic heterocycles. The van der Waals surface area contributed by atoms with Crippen LogP contribution in [0.2, 0.25) is 0 Å². The smallest absolute Gasteiger partial charge is 0.0603 e. The zero-order chi connectivity index (χ0) is 7.49. The SMILES string of the molecule is C#CC(C)CC(C)(C)O. The first-order valence-electron chi connectivity index (χ1n) is 3.14. The molecule has 0 aromatic rings. The third-order valence-corrected chi connectivity index (χ3v) is 1.09. The fourth-order valence-corrected chi connectivity index (χ4v) is 0.808. The van der Waals surface area contributed by atoms with Crippen LogP contribution in [0, 0.1) is 18.3 Å². The molecule has 0 aliphatic carbocycles. The molecule has 0 fully saturated rings. The van der Waals surface area contributed by atoms with Crippen LogP contribution >= 0.6 is 0 Å². The molecule has 0 saturated heterocycles. The van der Waals surface area contributed by atoms with Crippen LogP contribution in [0.15, 0.2) is 0 Å². The summed E-state index contributed by atoms with van der Waals surface area (Å²) in [6.45, 7) is 5.46. The van der Waals surface area contributed by atoms with Gasteiger partial charge in [-0.3, -0.25) is 0 Å². The summed E-state index contributed by atoms with van der Waals surface area (Å²) < 4.78 is 0. The molecule has 52 valence electrons. The van der Waals surface area contributed by atoms with Crippen LogP contribution in [0.5, 0.6) is 0 Å². The molecule has 0 heterocycles. The van der Waals surface area contributed by atoms with Crippen LogP contribution in [0.25, 0.3) is 0 Å². The second-order valence-electron chi connectivity index (χ2n) is 3.08. The first-order chi connectivity index (χ1) is 3.95. The van der Waals surface area contributed by atoms with Gasteiger partial charge in [-0.05, 0) is 20.3 Å². The van der Waals surface area contributed by atoms with E-state index >= 15 is 0 Å². The highest BCUT2D eigenvalue weighted by atomic mass is 16.3. The van der Waals surface area contributed by atoms with Gasteiger partial charge in [-0.1, -0.05) is 6.92 Å². The Labute approximate surface area is 57.1 Å². The fraction of sp³-hybridized carbons (Fsp3) is 0.750. The first kappa shape index (κ1) is 8.52. The van der Waals surface area contributed by atoms with Gasteiger partial charge in [-0.25, -0.2) is 0 Å².